The minimum atomic E-state index is -1.93. The molecule has 0 bridgehead atoms. The van der Waals surface area contributed by atoms with E-state index in [0.29, 0.717) is 33.8 Å². The van der Waals surface area contributed by atoms with Gasteiger partial charge >= 0.3 is 5.97 Å². The normalized spacial score (nSPS) is 24.5. The number of methoxy groups -OCH3 is 2. The largest absolute Gasteiger partial charge is 0.497 e. The van der Waals surface area contributed by atoms with E-state index < -0.39 is 40.5 Å². The van der Waals surface area contributed by atoms with Crippen molar-refractivity contribution in [3.05, 3.63) is 131 Å². The average Bonchev–Trinajstić information content (AvgIpc) is 3.08. The molecule has 1 saturated carbocycles. The highest BCUT2D eigenvalue weighted by Gasteiger charge is 2.67. The number of aliphatic hydroxyl groups is 1. The first kappa shape index (κ1) is 30.5. The fourth-order valence-electron chi connectivity index (χ4n) is 6.77. The second kappa shape index (κ2) is 12.7. The second-order valence-electron chi connectivity index (χ2n) is 11.0. The topological polar surface area (TPSA) is 106 Å². The molecule has 224 valence electrons. The molecule has 4 aromatic rings. The Balaban J connectivity index is 1.91. The van der Waals surface area contributed by atoms with Gasteiger partial charge in [0.2, 0.25) is 0 Å². The van der Waals surface area contributed by atoms with Gasteiger partial charge in [-0.25, -0.2) is 0 Å². The van der Waals surface area contributed by atoms with E-state index in [1.54, 1.807) is 104 Å². The van der Waals surface area contributed by atoms with Crippen LogP contribution in [0.2, 0.25) is 0 Å². The molecule has 0 radical (unpaired) electrons. The highest BCUT2D eigenvalue weighted by atomic mass is 16.5. The summed E-state index contributed by atoms with van der Waals surface area (Å²) in [4.78, 5) is 29.2. The molecule has 5 atom stereocenters. The lowest BCUT2D eigenvalue weighted by molar-refractivity contribution is -0.164. The zero-order valence-corrected chi connectivity index (χ0v) is 25.0. The van der Waals surface area contributed by atoms with Gasteiger partial charge in [-0.1, -0.05) is 84.9 Å². The molecule has 4 aromatic carbocycles. The van der Waals surface area contributed by atoms with Crippen molar-refractivity contribution in [3.8, 4) is 17.6 Å². The molecule has 7 nitrogen and oxygen atoms in total. The van der Waals surface area contributed by atoms with E-state index in [9.17, 15) is 20.0 Å². The number of Topliss-reactive ketones (excluding diaryl/α,β-unsaturated/α-hetero) is 1. The number of benzene rings is 4. The molecule has 0 saturated heterocycles. The number of esters is 1. The van der Waals surface area contributed by atoms with E-state index in [-0.39, 0.29) is 13.0 Å². The molecule has 1 aliphatic rings. The summed E-state index contributed by atoms with van der Waals surface area (Å²) in [5.74, 6) is -3.45. The Morgan fingerprint density at radius 1 is 0.841 bits per heavy atom. The van der Waals surface area contributed by atoms with Crippen LogP contribution in [0.5, 0.6) is 11.5 Å². The molecule has 1 fully saturated rings. The molecule has 0 amide bonds. The van der Waals surface area contributed by atoms with Crippen LogP contribution >= 0.6 is 0 Å². The third-order valence-electron chi connectivity index (χ3n) is 8.77. The van der Waals surface area contributed by atoms with Crippen LogP contribution in [0.15, 0.2) is 109 Å². The lowest BCUT2D eigenvalue weighted by Crippen LogP contribution is -2.59. The predicted octanol–water partition coefficient (Wildman–Crippen LogP) is 6.43. The van der Waals surface area contributed by atoms with Crippen molar-refractivity contribution < 1.29 is 28.9 Å². The molecule has 1 N–H and O–H groups in total. The lowest BCUT2D eigenvalue weighted by atomic mass is 9.47. The van der Waals surface area contributed by atoms with Crippen LogP contribution in [0.25, 0.3) is 0 Å². The van der Waals surface area contributed by atoms with Gasteiger partial charge in [0.05, 0.1) is 32.8 Å². The van der Waals surface area contributed by atoms with E-state index in [1.165, 1.54) is 14.2 Å². The number of ketones is 1. The molecular weight excluding hydrogens is 554 g/mol. The first-order chi connectivity index (χ1) is 21.3. The number of ether oxygens (including phenoxy) is 3. The summed E-state index contributed by atoms with van der Waals surface area (Å²) in [7, 11) is 3.06. The molecule has 1 aliphatic carbocycles. The van der Waals surface area contributed by atoms with E-state index >= 15 is 0 Å². The second-order valence-corrected chi connectivity index (χ2v) is 11.0. The van der Waals surface area contributed by atoms with Crippen LogP contribution in [0.3, 0.4) is 0 Å². The molecule has 44 heavy (non-hydrogen) atoms. The Hall–Kier alpha value is -4.93. The molecule has 5 rings (SSSR count). The van der Waals surface area contributed by atoms with Gasteiger partial charge in [-0.15, -0.1) is 0 Å². The number of rotatable bonds is 9. The Kier molecular flexibility index (Phi) is 8.84. The maximum atomic E-state index is 14.8. The number of nitrogens with zero attached hydrogens (tertiary/aromatic N) is 1. The average molecular weight is 590 g/mol. The molecule has 7 heteroatoms. The zero-order valence-electron chi connectivity index (χ0n) is 25.0. The monoisotopic (exact) mass is 589 g/mol. The van der Waals surface area contributed by atoms with Gasteiger partial charge in [0.1, 0.15) is 17.1 Å². The summed E-state index contributed by atoms with van der Waals surface area (Å²) in [6, 6.07) is 34.2. The van der Waals surface area contributed by atoms with Gasteiger partial charge in [0.15, 0.2) is 11.2 Å². The smallest absolute Gasteiger partial charge is 0.327 e. The Bertz CT molecular complexity index is 1670. The Labute approximate surface area is 257 Å². The van der Waals surface area contributed by atoms with Gasteiger partial charge in [0.25, 0.3) is 0 Å². The van der Waals surface area contributed by atoms with E-state index in [1.807, 2.05) is 12.1 Å². The summed E-state index contributed by atoms with van der Waals surface area (Å²) >= 11 is 0. The van der Waals surface area contributed by atoms with Crippen molar-refractivity contribution in [2.75, 3.05) is 20.8 Å². The number of hydrogen-bond acceptors (Lipinski definition) is 7. The Morgan fingerprint density at radius 2 is 1.41 bits per heavy atom. The minimum Gasteiger partial charge on any atom is -0.497 e. The molecule has 0 aliphatic heterocycles. The van der Waals surface area contributed by atoms with Crippen molar-refractivity contribution in [1.29, 1.82) is 5.26 Å². The minimum absolute atomic E-state index is 0.0260. The lowest BCUT2D eigenvalue weighted by Gasteiger charge is -2.54. The fourth-order valence-corrected chi connectivity index (χ4v) is 6.77. The highest BCUT2D eigenvalue weighted by Crippen LogP contribution is 2.64. The maximum absolute atomic E-state index is 14.8. The predicted molar refractivity (Wildman–Crippen MR) is 165 cm³/mol. The number of nitriles is 1. The summed E-state index contributed by atoms with van der Waals surface area (Å²) in [6.07, 6.45) is -0.111. The highest BCUT2D eigenvalue weighted by molar-refractivity contribution is 6.00. The maximum Gasteiger partial charge on any atom is 0.327 e. The van der Waals surface area contributed by atoms with Gasteiger partial charge in [-0.3, -0.25) is 9.59 Å². The van der Waals surface area contributed by atoms with Gasteiger partial charge < -0.3 is 19.3 Å². The fraction of sp³-hybridized carbons (Fsp3) is 0.270. The summed E-state index contributed by atoms with van der Waals surface area (Å²) < 4.78 is 16.8. The van der Waals surface area contributed by atoms with E-state index in [2.05, 4.69) is 6.07 Å². The van der Waals surface area contributed by atoms with Gasteiger partial charge in [-0.05, 0) is 54.3 Å². The Morgan fingerprint density at radius 3 is 1.98 bits per heavy atom. The molecule has 0 unspecified atom stereocenters. The van der Waals surface area contributed by atoms with Crippen LogP contribution in [0.1, 0.15) is 52.2 Å². The summed E-state index contributed by atoms with van der Waals surface area (Å²) in [6.45, 7) is 1.71. The van der Waals surface area contributed by atoms with Crippen molar-refractivity contribution >= 4 is 11.8 Å². The SMILES string of the molecule is CCOC(=O)[C@@]1(C#N)[C@H](c2cccc(OC)c2)C[C@](O)(c2ccccc2)[C@@H](C(=O)c2ccccc2)[C@@H]1c1cccc(OC)c1. The molecule has 0 aromatic heterocycles. The zero-order chi connectivity index (χ0) is 31.3. The molecular formula is C37H35NO6. The van der Waals surface area contributed by atoms with Crippen LogP contribution in [-0.2, 0) is 15.1 Å². The third-order valence-corrected chi connectivity index (χ3v) is 8.77. The standard InChI is InChI=1S/C37H35NO6/c1-4-44-35(40)36(24-38)31(26-15-11-19-29(21-26)42-2)23-37(41,28-17-9-6-10-18-28)33(34(39)25-13-7-5-8-14-25)32(36)27-16-12-20-30(22-27)43-3/h5-22,31-33,41H,4,23H2,1-3H3/t31-,32-,33+,36-,37-/m0/s1. The number of hydrogen-bond donors (Lipinski definition) is 1. The van der Waals surface area contributed by atoms with E-state index in [0.717, 1.165) is 0 Å². The van der Waals surface area contributed by atoms with Crippen molar-refractivity contribution in [2.45, 2.75) is 30.8 Å². The first-order valence-electron chi connectivity index (χ1n) is 14.6. The number of carbonyl (C=O) groups is 2. The number of carbonyl (C=O) groups excluding carboxylic acids is 2. The van der Waals surface area contributed by atoms with Gasteiger partial charge in [-0.2, -0.15) is 5.26 Å². The van der Waals surface area contributed by atoms with Crippen molar-refractivity contribution in [2.24, 2.45) is 11.3 Å². The van der Waals surface area contributed by atoms with Crippen LogP contribution in [0.4, 0.5) is 0 Å². The van der Waals surface area contributed by atoms with Crippen LogP contribution in [0, 0.1) is 22.7 Å². The van der Waals surface area contributed by atoms with Crippen molar-refractivity contribution in [1.82, 2.24) is 0 Å². The molecule has 0 heterocycles. The van der Waals surface area contributed by atoms with Crippen LogP contribution < -0.4 is 9.47 Å². The molecule has 0 spiro atoms. The van der Waals surface area contributed by atoms with E-state index in [4.69, 9.17) is 14.2 Å². The van der Waals surface area contributed by atoms with Crippen LogP contribution in [-0.4, -0.2) is 37.7 Å². The van der Waals surface area contributed by atoms with Gasteiger partial charge in [0, 0.05) is 17.4 Å². The summed E-state index contributed by atoms with van der Waals surface area (Å²) in [5, 5.41) is 24.3. The first-order valence-corrected chi connectivity index (χ1v) is 14.6. The third kappa shape index (κ3) is 5.23. The quantitative estimate of drug-likeness (QED) is 0.177. The van der Waals surface area contributed by atoms with Crippen molar-refractivity contribution in [3.63, 3.8) is 0 Å². The summed E-state index contributed by atoms with van der Waals surface area (Å²) in [5.41, 5.74) is -1.77.